The highest BCUT2D eigenvalue weighted by Crippen LogP contribution is 2.24. The van der Waals surface area contributed by atoms with Crippen molar-refractivity contribution in [2.45, 2.75) is 6.54 Å². The standard InChI is InChI=1S/C16H15Br2NO2/c1-19(10-11-4-3-5-12(17)8-11)16(20)14-9-13(21-2)6-7-15(14)18/h3-9H,10H2,1-2H3. The van der Waals surface area contributed by atoms with Gasteiger partial charge in [0.1, 0.15) is 5.75 Å². The highest BCUT2D eigenvalue weighted by Gasteiger charge is 2.16. The molecule has 21 heavy (non-hydrogen) atoms. The van der Waals surface area contributed by atoms with Crippen LogP contribution < -0.4 is 4.74 Å². The van der Waals surface area contributed by atoms with Gasteiger partial charge in [-0.15, -0.1) is 0 Å². The van der Waals surface area contributed by atoms with Crippen molar-refractivity contribution in [3.63, 3.8) is 0 Å². The number of benzene rings is 2. The van der Waals surface area contributed by atoms with Crippen molar-refractivity contribution in [3.05, 3.63) is 62.5 Å². The molecule has 5 heteroatoms. The van der Waals surface area contributed by atoms with Crippen molar-refractivity contribution in [1.29, 1.82) is 0 Å². The van der Waals surface area contributed by atoms with Gasteiger partial charge in [0.15, 0.2) is 0 Å². The number of halogens is 2. The molecule has 1 amide bonds. The van der Waals surface area contributed by atoms with Crippen LogP contribution in [0.3, 0.4) is 0 Å². The lowest BCUT2D eigenvalue weighted by atomic mass is 10.1. The molecular weight excluding hydrogens is 398 g/mol. The van der Waals surface area contributed by atoms with Crippen LogP contribution in [0.2, 0.25) is 0 Å². The van der Waals surface area contributed by atoms with Crippen molar-refractivity contribution in [3.8, 4) is 5.75 Å². The smallest absolute Gasteiger partial charge is 0.255 e. The number of nitrogens with zero attached hydrogens (tertiary/aromatic N) is 1. The van der Waals surface area contributed by atoms with Crippen LogP contribution >= 0.6 is 31.9 Å². The summed E-state index contributed by atoms with van der Waals surface area (Å²) in [6.45, 7) is 0.544. The zero-order valence-corrected chi connectivity index (χ0v) is 14.9. The van der Waals surface area contributed by atoms with E-state index >= 15 is 0 Å². The SMILES string of the molecule is COc1ccc(Br)c(C(=O)N(C)Cc2cccc(Br)c2)c1. The van der Waals surface area contributed by atoms with Gasteiger partial charge in [-0.2, -0.15) is 0 Å². The average molecular weight is 413 g/mol. The van der Waals surface area contributed by atoms with Crippen LogP contribution in [0.25, 0.3) is 0 Å². The number of carbonyl (C=O) groups excluding carboxylic acids is 1. The van der Waals surface area contributed by atoms with E-state index in [0.29, 0.717) is 17.9 Å². The van der Waals surface area contributed by atoms with E-state index in [2.05, 4.69) is 31.9 Å². The van der Waals surface area contributed by atoms with E-state index in [-0.39, 0.29) is 5.91 Å². The molecule has 0 saturated carbocycles. The van der Waals surface area contributed by atoms with Crippen LogP contribution in [-0.2, 0) is 6.54 Å². The van der Waals surface area contributed by atoms with Crippen LogP contribution in [0, 0.1) is 0 Å². The third-order valence-electron chi connectivity index (χ3n) is 3.06. The molecule has 0 bridgehead atoms. The molecule has 0 radical (unpaired) electrons. The van der Waals surface area contributed by atoms with Gasteiger partial charge in [-0.25, -0.2) is 0 Å². The predicted octanol–water partition coefficient (Wildman–Crippen LogP) is 4.49. The lowest BCUT2D eigenvalue weighted by Gasteiger charge is -2.18. The van der Waals surface area contributed by atoms with Gasteiger partial charge < -0.3 is 9.64 Å². The zero-order valence-electron chi connectivity index (χ0n) is 11.8. The van der Waals surface area contributed by atoms with Gasteiger partial charge in [0.2, 0.25) is 0 Å². The maximum Gasteiger partial charge on any atom is 0.255 e. The topological polar surface area (TPSA) is 29.5 Å². The Bertz CT molecular complexity index is 658. The second-order valence-electron chi connectivity index (χ2n) is 4.64. The summed E-state index contributed by atoms with van der Waals surface area (Å²) in [5, 5.41) is 0. The maximum absolute atomic E-state index is 12.6. The fourth-order valence-electron chi connectivity index (χ4n) is 1.98. The Hall–Kier alpha value is -1.33. The summed E-state index contributed by atoms with van der Waals surface area (Å²) in [6, 6.07) is 13.3. The first kappa shape index (κ1) is 16.0. The third-order valence-corrected chi connectivity index (χ3v) is 4.24. The molecule has 0 atom stereocenters. The summed E-state index contributed by atoms with van der Waals surface area (Å²) >= 11 is 6.85. The monoisotopic (exact) mass is 411 g/mol. The van der Waals surface area contributed by atoms with Crippen LogP contribution in [0.1, 0.15) is 15.9 Å². The quantitative estimate of drug-likeness (QED) is 0.740. The molecule has 0 saturated heterocycles. The normalized spacial score (nSPS) is 10.3. The highest BCUT2D eigenvalue weighted by molar-refractivity contribution is 9.10. The van der Waals surface area contributed by atoms with Gasteiger partial charge in [0, 0.05) is 22.5 Å². The number of ether oxygens (including phenoxy) is 1. The summed E-state index contributed by atoms with van der Waals surface area (Å²) < 4.78 is 6.94. The van der Waals surface area contributed by atoms with Gasteiger partial charge in [-0.1, -0.05) is 28.1 Å². The molecule has 0 N–H and O–H groups in total. The van der Waals surface area contributed by atoms with E-state index in [4.69, 9.17) is 4.74 Å². The number of methoxy groups -OCH3 is 1. The van der Waals surface area contributed by atoms with Crippen molar-refractivity contribution >= 4 is 37.8 Å². The van der Waals surface area contributed by atoms with Gasteiger partial charge in [-0.05, 0) is 51.8 Å². The average Bonchev–Trinajstić information content (AvgIpc) is 2.47. The van der Waals surface area contributed by atoms with Crippen LogP contribution in [0.15, 0.2) is 51.4 Å². The van der Waals surface area contributed by atoms with Crippen LogP contribution in [-0.4, -0.2) is 25.0 Å². The minimum atomic E-state index is -0.0549. The molecule has 0 aliphatic heterocycles. The first-order chi connectivity index (χ1) is 10.0. The van der Waals surface area contributed by atoms with Crippen molar-refractivity contribution in [2.75, 3.05) is 14.2 Å². The Morgan fingerprint density at radius 3 is 2.62 bits per heavy atom. The fraction of sp³-hybridized carbons (Fsp3) is 0.188. The van der Waals surface area contributed by atoms with E-state index in [0.717, 1.165) is 14.5 Å². The minimum Gasteiger partial charge on any atom is -0.497 e. The first-order valence-corrected chi connectivity index (χ1v) is 7.93. The molecule has 0 fully saturated rings. The first-order valence-electron chi connectivity index (χ1n) is 6.34. The fourth-order valence-corrected chi connectivity index (χ4v) is 2.84. The third kappa shape index (κ3) is 4.08. The van der Waals surface area contributed by atoms with Crippen LogP contribution in [0.5, 0.6) is 5.75 Å². The van der Waals surface area contributed by atoms with Gasteiger partial charge in [0.25, 0.3) is 5.91 Å². The van der Waals surface area contributed by atoms with E-state index in [1.807, 2.05) is 36.4 Å². The molecule has 0 spiro atoms. The summed E-state index contributed by atoms with van der Waals surface area (Å²) in [6.07, 6.45) is 0. The number of amides is 1. The number of hydrogen-bond acceptors (Lipinski definition) is 2. The van der Waals surface area contributed by atoms with Gasteiger partial charge in [0.05, 0.1) is 12.7 Å². The minimum absolute atomic E-state index is 0.0549. The van der Waals surface area contributed by atoms with E-state index in [9.17, 15) is 4.79 Å². The molecule has 0 heterocycles. The molecule has 3 nitrogen and oxygen atoms in total. The molecule has 2 rings (SSSR count). The molecule has 0 unspecified atom stereocenters. The van der Waals surface area contributed by atoms with Crippen LogP contribution in [0.4, 0.5) is 0 Å². The Morgan fingerprint density at radius 1 is 1.19 bits per heavy atom. The van der Waals surface area contributed by atoms with Crippen molar-refractivity contribution < 1.29 is 9.53 Å². The predicted molar refractivity (Wildman–Crippen MR) is 90.6 cm³/mol. The lowest BCUT2D eigenvalue weighted by Crippen LogP contribution is -2.26. The van der Waals surface area contributed by atoms with Crippen molar-refractivity contribution in [2.24, 2.45) is 0 Å². The highest BCUT2D eigenvalue weighted by atomic mass is 79.9. The Kier molecular flexibility index (Phi) is 5.42. The molecule has 2 aromatic carbocycles. The Morgan fingerprint density at radius 2 is 1.95 bits per heavy atom. The summed E-state index contributed by atoms with van der Waals surface area (Å²) in [5.74, 6) is 0.609. The molecule has 2 aromatic rings. The Labute approximate surface area is 141 Å². The lowest BCUT2D eigenvalue weighted by molar-refractivity contribution is 0.0784. The number of rotatable bonds is 4. The number of hydrogen-bond donors (Lipinski definition) is 0. The second-order valence-corrected chi connectivity index (χ2v) is 6.41. The molecular formula is C16H15Br2NO2. The van der Waals surface area contributed by atoms with E-state index in [1.165, 1.54) is 0 Å². The summed E-state index contributed by atoms with van der Waals surface area (Å²) in [7, 11) is 3.37. The summed E-state index contributed by atoms with van der Waals surface area (Å²) in [4.78, 5) is 14.2. The second kappa shape index (κ2) is 7.09. The maximum atomic E-state index is 12.6. The molecule has 110 valence electrons. The molecule has 0 aromatic heterocycles. The van der Waals surface area contributed by atoms with Gasteiger partial charge in [-0.3, -0.25) is 4.79 Å². The summed E-state index contributed by atoms with van der Waals surface area (Å²) in [5.41, 5.74) is 1.66. The Balaban J connectivity index is 2.19. The molecule has 0 aliphatic rings. The van der Waals surface area contributed by atoms with E-state index in [1.54, 1.807) is 25.1 Å². The zero-order chi connectivity index (χ0) is 15.4. The largest absolute Gasteiger partial charge is 0.497 e. The van der Waals surface area contributed by atoms with Crippen molar-refractivity contribution in [1.82, 2.24) is 4.90 Å². The van der Waals surface area contributed by atoms with E-state index < -0.39 is 0 Å². The van der Waals surface area contributed by atoms with Gasteiger partial charge >= 0.3 is 0 Å². The number of carbonyl (C=O) groups is 1. The molecule has 0 aliphatic carbocycles.